The zero-order valence-electron chi connectivity index (χ0n) is 4.16. The molecule has 1 nitrogen and oxygen atoms in total. The Kier molecular flexibility index (Phi) is 1.35. The summed E-state index contributed by atoms with van der Waals surface area (Å²) in [5.74, 6) is 0.263. The molecule has 0 unspecified atom stereocenters. The predicted molar refractivity (Wildman–Crippen MR) is 34.0 cm³/mol. The van der Waals surface area contributed by atoms with Gasteiger partial charge in [-0.2, -0.15) is 0 Å². The molecule has 1 aromatic carbocycles. The number of rotatable bonds is 0. The minimum absolute atomic E-state index is 0.263. The number of hydrogen-bond acceptors (Lipinski definition) is 1. The molecule has 8 heavy (non-hydrogen) atoms. The van der Waals surface area contributed by atoms with E-state index in [9.17, 15) is 0 Å². The zero-order valence-corrected chi connectivity index (χ0v) is 4.98. The van der Waals surface area contributed by atoms with Crippen molar-refractivity contribution in [2.45, 2.75) is 4.90 Å². The van der Waals surface area contributed by atoms with E-state index in [0.29, 0.717) is 0 Å². The van der Waals surface area contributed by atoms with Crippen LogP contribution in [0.4, 0.5) is 0 Å². The number of benzene rings is 1. The maximum absolute atomic E-state index is 8.71. The fourth-order valence-electron chi connectivity index (χ4n) is 0.446. The third kappa shape index (κ3) is 1.10. The lowest BCUT2D eigenvalue weighted by Crippen LogP contribution is -1.62. The lowest BCUT2D eigenvalue weighted by atomic mass is 10.3. The monoisotopic (exact) mass is 125 g/mol. The Labute approximate surface area is 53.4 Å². The molecule has 0 aliphatic rings. The average Bonchev–Trinajstić information content (AvgIpc) is 1.77. The Morgan fingerprint density at radius 1 is 1.12 bits per heavy atom. The predicted octanol–water partition coefficient (Wildman–Crippen LogP) is 1.95. The van der Waals surface area contributed by atoms with E-state index >= 15 is 0 Å². The summed E-state index contributed by atoms with van der Waals surface area (Å²) >= 11 is 4.76. The second-order valence-electron chi connectivity index (χ2n) is 1.49. The van der Waals surface area contributed by atoms with Crippen LogP contribution in [0.25, 0.3) is 0 Å². The maximum Gasteiger partial charge on any atom is 0.115 e. The van der Waals surface area contributed by atoms with Crippen LogP contribution in [-0.2, 0) is 0 Å². The number of hydrogen-bond donors (Lipinski definition) is 1. The van der Waals surface area contributed by atoms with E-state index in [0.717, 1.165) is 4.90 Å². The largest absolute Gasteiger partial charge is 0.508 e. The average molecular weight is 125 g/mol. The molecule has 0 aromatic heterocycles. The first-order chi connectivity index (χ1) is 3.79. The highest BCUT2D eigenvalue weighted by Crippen LogP contribution is 2.11. The Balaban J connectivity index is 3.03. The number of phenols is 1. The second kappa shape index (κ2) is 2.01. The van der Waals surface area contributed by atoms with Gasteiger partial charge in [0.25, 0.3) is 0 Å². The van der Waals surface area contributed by atoms with Gasteiger partial charge in [0.1, 0.15) is 5.75 Å². The van der Waals surface area contributed by atoms with E-state index < -0.39 is 0 Å². The summed E-state index contributed by atoms with van der Waals surface area (Å²) in [6.45, 7) is 0. The molecule has 0 spiro atoms. The van der Waals surface area contributed by atoms with Crippen molar-refractivity contribution in [3.63, 3.8) is 0 Å². The van der Waals surface area contributed by atoms with Crippen molar-refractivity contribution < 1.29 is 5.11 Å². The molecule has 0 fully saturated rings. The summed E-state index contributed by atoms with van der Waals surface area (Å²) in [5, 5.41) is 8.71. The quantitative estimate of drug-likeness (QED) is 0.562. The molecule has 0 aliphatic heterocycles. The summed E-state index contributed by atoms with van der Waals surface area (Å²) in [7, 11) is 0. The van der Waals surface area contributed by atoms with Crippen LogP contribution in [0.3, 0.4) is 0 Å². The van der Waals surface area contributed by atoms with Gasteiger partial charge in [0.15, 0.2) is 0 Å². The van der Waals surface area contributed by atoms with Crippen LogP contribution in [0.15, 0.2) is 29.2 Å². The minimum Gasteiger partial charge on any atom is -0.508 e. The van der Waals surface area contributed by atoms with Gasteiger partial charge in [-0.15, -0.1) is 0 Å². The van der Waals surface area contributed by atoms with E-state index in [2.05, 4.69) is 0 Å². The molecule has 0 heterocycles. The van der Waals surface area contributed by atoms with Gasteiger partial charge < -0.3 is 5.11 Å². The topological polar surface area (TPSA) is 20.2 Å². The lowest BCUT2D eigenvalue weighted by Gasteiger charge is -1.87. The molecule has 1 radical (unpaired) electrons. The van der Waals surface area contributed by atoms with Crippen molar-refractivity contribution in [2.75, 3.05) is 0 Å². The highest BCUT2D eigenvalue weighted by molar-refractivity contribution is 7.80. The van der Waals surface area contributed by atoms with Crippen LogP contribution >= 0.6 is 12.6 Å². The first-order valence-electron chi connectivity index (χ1n) is 2.25. The van der Waals surface area contributed by atoms with Gasteiger partial charge in [-0.25, -0.2) is 0 Å². The van der Waals surface area contributed by atoms with E-state index in [-0.39, 0.29) is 5.75 Å². The molecule has 0 bridgehead atoms. The maximum atomic E-state index is 8.71. The van der Waals surface area contributed by atoms with Crippen LogP contribution in [0, 0.1) is 0 Å². The van der Waals surface area contributed by atoms with Gasteiger partial charge in [0.05, 0.1) is 0 Å². The number of phenolic OH excluding ortho intramolecular Hbond substituents is 1. The standard InChI is InChI=1S/C6H5OS/c7-5-1-3-6(8)4-2-5/h1-4,7H. The summed E-state index contributed by atoms with van der Waals surface area (Å²) in [6.07, 6.45) is 0. The Hall–Kier alpha value is -0.760. The zero-order chi connectivity index (χ0) is 5.98. The SMILES string of the molecule is Oc1ccc([S])cc1. The van der Waals surface area contributed by atoms with Gasteiger partial charge in [0.2, 0.25) is 0 Å². The van der Waals surface area contributed by atoms with E-state index in [1.54, 1.807) is 24.3 Å². The van der Waals surface area contributed by atoms with Crippen molar-refractivity contribution in [1.82, 2.24) is 0 Å². The smallest absolute Gasteiger partial charge is 0.115 e. The molecular weight excluding hydrogens is 120 g/mol. The molecule has 0 atom stereocenters. The summed E-state index contributed by atoms with van der Waals surface area (Å²) in [5.41, 5.74) is 0. The molecule has 0 saturated heterocycles. The highest BCUT2D eigenvalue weighted by atomic mass is 32.1. The van der Waals surface area contributed by atoms with Crippen LogP contribution in [-0.4, -0.2) is 5.11 Å². The van der Waals surface area contributed by atoms with Gasteiger partial charge in [0, 0.05) is 4.90 Å². The van der Waals surface area contributed by atoms with Crippen LogP contribution in [0.1, 0.15) is 0 Å². The first kappa shape index (κ1) is 5.38. The van der Waals surface area contributed by atoms with Crippen LogP contribution in [0.2, 0.25) is 0 Å². The molecule has 1 N–H and O–H groups in total. The van der Waals surface area contributed by atoms with Crippen LogP contribution < -0.4 is 0 Å². The van der Waals surface area contributed by atoms with Crippen molar-refractivity contribution in [3.8, 4) is 5.75 Å². The lowest BCUT2D eigenvalue weighted by molar-refractivity contribution is 0.475. The third-order valence-electron chi connectivity index (χ3n) is 0.837. The Morgan fingerprint density at radius 3 is 2.00 bits per heavy atom. The Morgan fingerprint density at radius 2 is 1.62 bits per heavy atom. The van der Waals surface area contributed by atoms with E-state index in [4.69, 9.17) is 17.7 Å². The van der Waals surface area contributed by atoms with Crippen molar-refractivity contribution >= 4 is 12.6 Å². The third-order valence-corrected chi connectivity index (χ3v) is 1.11. The Bertz CT molecular complexity index is 147. The van der Waals surface area contributed by atoms with E-state index in [1.165, 1.54) is 0 Å². The fraction of sp³-hybridized carbons (Fsp3) is 0. The van der Waals surface area contributed by atoms with E-state index in [1.807, 2.05) is 0 Å². The van der Waals surface area contributed by atoms with Gasteiger partial charge >= 0.3 is 0 Å². The molecule has 41 valence electrons. The second-order valence-corrected chi connectivity index (χ2v) is 1.97. The summed E-state index contributed by atoms with van der Waals surface area (Å²) in [6, 6.07) is 6.51. The highest BCUT2D eigenvalue weighted by Gasteiger charge is 1.83. The van der Waals surface area contributed by atoms with Crippen LogP contribution in [0.5, 0.6) is 5.75 Å². The molecule has 1 aromatic rings. The van der Waals surface area contributed by atoms with Crippen molar-refractivity contribution in [1.29, 1.82) is 0 Å². The van der Waals surface area contributed by atoms with Gasteiger partial charge in [-0.1, -0.05) is 12.6 Å². The molecule has 0 saturated carbocycles. The minimum atomic E-state index is 0.263. The molecule has 0 amide bonds. The van der Waals surface area contributed by atoms with Crippen molar-refractivity contribution in [3.05, 3.63) is 24.3 Å². The fourth-order valence-corrected chi connectivity index (χ4v) is 0.582. The first-order valence-corrected chi connectivity index (χ1v) is 2.66. The molecular formula is C6H5OS. The van der Waals surface area contributed by atoms with Crippen molar-refractivity contribution in [2.24, 2.45) is 0 Å². The molecule has 1 rings (SSSR count). The normalized spacial score (nSPS) is 9.00. The molecule has 0 aliphatic carbocycles. The number of aromatic hydroxyl groups is 1. The van der Waals surface area contributed by atoms with Gasteiger partial charge in [-0.05, 0) is 24.3 Å². The van der Waals surface area contributed by atoms with Gasteiger partial charge in [-0.3, -0.25) is 0 Å². The summed E-state index contributed by atoms with van der Waals surface area (Å²) in [4.78, 5) is 0.753. The molecule has 2 heteroatoms. The summed E-state index contributed by atoms with van der Waals surface area (Å²) < 4.78 is 0.